The van der Waals surface area contributed by atoms with E-state index < -0.39 is 43.3 Å². The molecule has 0 bridgehead atoms. The van der Waals surface area contributed by atoms with E-state index in [1.165, 1.54) is 11.2 Å². The maximum atomic E-state index is 11.8. The van der Waals surface area contributed by atoms with Crippen LogP contribution in [0.2, 0.25) is 0 Å². The Bertz CT molecular complexity index is 1380. The molecule has 2 saturated heterocycles. The number of aromatic amines is 1. The minimum Gasteiger partial charge on any atom is -0.545 e. The third kappa shape index (κ3) is 3.94. The molecule has 6 rings (SSSR count). The van der Waals surface area contributed by atoms with E-state index in [4.69, 9.17) is 14.2 Å². The number of hydrogen-bond donors (Lipinski definition) is 6. The van der Waals surface area contributed by atoms with Crippen LogP contribution < -0.4 is 25.3 Å². The van der Waals surface area contributed by atoms with E-state index in [1.54, 1.807) is 6.07 Å². The number of nitrogens with one attached hydrogen (secondary N) is 2. The topological polar surface area (TPSA) is 169 Å². The molecule has 0 radical (unpaired) electrons. The van der Waals surface area contributed by atoms with Crippen LogP contribution in [0.15, 0.2) is 30.0 Å². The molecule has 11 nitrogen and oxygen atoms in total. The van der Waals surface area contributed by atoms with Gasteiger partial charge in [0.2, 0.25) is 6.29 Å². The Labute approximate surface area is 211 Å². The Morgan fingerprint density at radius 2 is 2.05 bits per heavy atom. The van der Waals surface area contributed by atoms with Crippen molar-refractivity contribution in [1.29, 1.82) is 0 Å². The van der Waals surface area contributed by atoms with Crippen molar-refractivity contribution in [3.8, 4) is 5.75 Å². The van der Waals surface area contributed by atoms with Crippen LogP contribution in [0.3, 0.4) is 0 Å². The van der Waals surface area contributed by atoms with Crippen molar-refractivity contribution in [1.82, 2.24) is 4.98 Å². The zero-order valence-electron chi connectivity index (χ0n) is 20.2. The van der Waals surface area contributed by atoms with Gasteiger partial charge >= 0.3 is 0 Å². The molecule has 11 heteroatoms. The number of piperidine rings is 1. The van der Waals surface area contributed by atoms with Crippen molar-refractivity contribution in [3.63, 3.8) is 0 Å². The Hall–Kier alpha value is -2.93. The minimum atomic E-state index is -1.53. The summed E-state index contributed by atoms with van der Waals surface area (Å²) in [4.78, 5) is 16.6. The number of carboxylic acid groups (broad SMARTS) is 1. The van der Waals surface area contributed by atoms with Gasteiger partial charge in [-0.15, -0.1) is 0 Å². The highest BCUT2D eigenvalue weighted by Crippen LogP contribution is 2.36. The van der Waals surface area contributed by atoms with Crippen LogP contribution in [0, 0.1) is 11.8 Å². The van der Waals surface area contributed by atoms with E-state index >= 15 is 0 Å². The van der Waals surface area contributed by atoms with Gasteiger partial charge in [-0.2, -0.15) is 0 Å². The first-order valence-corrected chi connectivity index (χ1v) is 12.5. The molecule has 0 amide bonds. The molecule has 1 aromatic heterocycles. The summed E-state index contributed by atoms with van der Waals surface area (Å²) < 4.78 is 16.9. The molecule has 0 saturated carbocycles. The number of carbonyl (C=O) groups is 1. The first kappa shape index (κ1) is 24.4. The minimum absolute atomic E-state index is 0.0756. The zero-order valence-corrected chi connectivity index (χ0v) is 20.2. The van der Waals surface area contributed by atoms with Crippen molar-refractivity contribution in [3.05, 3.63) is 40.6 Å². The van der Waals surface area contributed by atoms with Gasteiger partial charge in [0.05, 0.1) is 31.3 Å². The number of aliphatic hydroxyl groups excluding tert-OH is 4. The lowest BCUT2D eigenvalue weighted by Crippen LogP contribution is -3.13. The van der Waals surface area contributed by atoms with Gasteiger partial charge in [-0.3, -0.25) is 0 Å². The first-order chi connectivity index (χ1) is 17.8. The predicted molar refractivity (Wildman–Crippen MR) is 126 cm³/mol. The van der Waals surface area contributed by atoms with E-state index in [1.807, 2.05) is 19.1 Å². The molecule has 0 aliphatic carbocycles. The molecule has 4 aliphatic heterocycles. The number of benzene rings is 1. The van der Waals surface area contributed by atoms with Crippen molar-refractivity contribution in [2.24, 2.45) is 11.8 Å². The SMILES string of the molecule is C[C@@H]1OC=C(C(=O)[O-])[C@H]2CC3=c4[nH]c5ccc(O[C@@H]6O[C@H](CO)[C@@H](O)[C@H](O)[C@H]6O)cc5c4=CC[NH+]3C[C@@H]12. The average Bonchev–Trinajstić information content (AvgIpc) is 3.26. The van der Waals surface area contributed by atoms with Crippen LogP contribution in [-0.4, -0.2) is 87.9 Å². The van der Waals surface area contributed by atoms with Crippen LogP contribution in [0.25, 0.3) is 22.7 Å². The second-order valence-electron chi connectivity index (χ2n) is 10.3. The van der Waals surface area contributed by atoms with Gasteiger partial charge in [-0.25, -0.2) is 0 Å². The van der Waals surface area contributed by atoms with E-state index in [0.717, 1.165) is 40.3 Å². The summed E-state index contributed by atoms with van der Waals surface area (Å²) in [7, 11) is 0. The summed E-state index contributed by atoms with van der Waals surface area (Å²) in [5.74, 6) is -0.916. The normalized spacial score (nSPS) is 36.9. The van der Waals surface area contributed by atoms with Crippen LogP contribution in [0.4, 0.5) is 0 Å². The second-order valence-corrected chi connectivity index (χ2v) is 10.3. The summed E-state index contributed by atoms with van der Waals surface area (Å²) in [5.41, 5.74) is 2.19. The van der Waals surface area contributed by atoms with Gasteiger partial charge in [0.25, 0.3) is 0 Å². The Morgan fingerprint density at radius 3 is 2.81 bits per heavy atom. The quantitative estimate of drug-likeness (QED) is 0.237. The molecule has 0 spiro atoms. The van der Waals surface area contributed by atoms with Gasteiger partial charge in [0.1, 0.15) is 53.9 Å². The van der Waals surface area contributed by atoms with Crippen LogP contribution >= 0.6 is 0 Å². The number of carboxylic acids is 1. The monoisotopic (exact) mass is 514 g/mol. The van der Waals surface area contributed by atoms with Crippen LogP contribution in [-0.2, 0) is 14.3 Å². The molecular weight excluding hydrogens is 484 g/mol. The summed E-state index contributed by atoms with van der Waals surface area (Å²) in [5, 5.41) is 54.5. The molecule has 2 aromatic rings. The van der Waals surface area contributed by atoms with Gasteiger partial charge in [0.15, 0.2) is 0 Å². The second kappa shape index (κ2) is 9.12. The molecule has 198 valence electrons. The number of quaternary nitrogens is 1. The number of aliphatic carboxylic acids is 1. The molecule has 2 fully saturated rings. The molecular formula is C26H30N2O9. The van der Waals surface area contributed by atoms with E-state index in [2.05, 4.69) is 11.1 Å². The maximum absolute atomic E-state index is 11.8. The van der Waals surface area contributed by atoms with Gasteiger partial charge in [-0.1, -0.05) is 0 Å². The largest absolute Gasteiger partial charge is 0.545 e. The number of aliphatic hydroxyl groups is 4. The summed E-state index contributed by atoms with van der Waals surface area (Å²) in [6, 6.07) is 5.35. The molecule has 9 atom stereocenters. The zero-order chi connectivity index (χ0) is 26.0. The fourth-order valence-electron chi connectivity index (χ4n) is 6.19. The Kier molecular flexibility index (Phi) is 6.02. The number of fused-ring (bicyclic) bond motifs is 5. The molecule has 6 N–H and O–H groups in total. The third-order valence-corrected chi connectivity index (χ3v) is 8.26. The van der Waals surface area contributed by atoms with Crippen molar-refractivity contribution >= 4 is 28.6 Å². The van der Waals surface area contributed by atoms with E-state index in [0.29, 0.717) is 12.2 Å². The molecule has 1 aromatic carbocycles. The maximum Gasteiger partial charge on any atom is 0.229 e. The third-order valence-electron chi connectivity index (χ3n) is 8.26. The van der Waals surface area contributed by atoms with Crippen molar-refractivity contribution in [2.75, 3.05) is 19.7 Å². The average molecular weight is 515 g/mol. The number of aromatic nitrogens is 1. The summed E-state index contributed by atoms with van der Waals surface area (Å²) >= 11 is 0. The van der Waals surface area contributed by atoms with Gasteiger partial charge < -0.3 is 54.4 Å². The number of rotatable bonds is 4. The smallest absolute Gasteiger partial charge is 0.229 e. The van der Waals surface area contributed by atoms with Crippen LogP contribution in [0.1, 0.15) is 13.3 Å². The molecule has 37 heavy (non-hydrogen) atoms. The Balaban J connectivity index is 1.35. The molecule has 4 aliphatic rings. The highest BCUT2D eigenvalue weighted by Gasteiger charge is 2.46. The van der Waals surface area contributed by atoms with Crippen LogP contribution in [0.5, 0.6) is 5.75 Å². The standard InChI is InChI=1S/C26H30N2O9/c1-11-16-8-28-5-4-13-15-6-12(36-26-24(32)23(31)22(30)20(9-29)37-26)2-3-18(15)27-21(13)19(28)7-14(16)17(10-35-11)25(33)34/h2-4,6,10-11,14,16,20,22-24,26-27,29-32H,5,7-9H2,1H3,(H,33,34)/t11-,14-,16-,20+,22+,23-,24+,26+/m0/s1. The fraction of sp³-hybridized carbons (Fsp3) is 0.500. The van der Waals surface area contributed by atoms with Crippen molar-refractivity contribution < 1.29 is 49.4 Å². The highest BCUT2D eigenvalue weighted by molar-refractivity contribution is 5.86. The highest BCUT2D eigenvalue weighted by atomic mass is 16.7. The van der Waals surface area contributed by atoms with E-state index in [-0.39, 0.29) is 23.5 Å². The lowest BCUT2D eigenvalue weighted by atomic mass is 9.75. The summed E-state index contributed by atoms with van der Waals surface area (Å²) in [6.07, 6.45) is -2.83. The summed E-state index contributed by atoms with van der Waals surface area (Å²) in [6.45, 7) is 2.93. The van der Waals surface area contributed by atoms with E-state index in [9.17, 15) is 30.3 Å². The van der Waals surface area contributed by atoms with Gasteiger partial charge in [0, 0.05) is 34.0 Å². The van der Waals surface area contributed by atoms with Gasteiger partial charge in [-0.05, 0) is 31.2 Å². The predicted octanol–water partition coefficient (Wildman–Crippen LogP) is -4.18. The first-order valence-electron chi connectivity index (χ1n) is 12.5. The molecule has 1 unspecified atom stereocenters. The molecule has 5 heterocycles. The fourth-order valence-corrected chi connectivity index (χ4v) is 6.19. The number of hydrogen-bond acceptors (Lipinski definition) is 9. The number of carbonyl (C=O) groups excluding carboxylic acids is 1. The lowest BCUT2D eigenvalue weighted by molar-refractivity contribution is -0.830. The number of H-pyrrole nitrogens is 1. The lowest BCUT2D eigenvalue weighted by Gasteiger charge is -2.43. The number of ether oxygens (including phenoxy) is 3. The Morgan fingerprint density at radius 1 is 1.24 bits per heavy atom. The van der Waals surface area contributed by atoms with Crippen molar-refractivity contribution in [2.45, 2.75) is 50.2 Å².